The second-order valence-electron chi connectivity index (χ2n) is 4.79. The number of benzene rings is 2. The standard InChI is InChI=1S/C16H13ClFN3/c17-9-7-13(16(20)21-8-9)15(19)12-5-6-14(18)11-4-2-1-3-10(11)12/h1-8,15H,19H2,(H2,20,21). The number of nitrogen functional groups attached to an aromatic ring is 1. The van der Waals surface area contributed by atoms with E-state index < -0.39 is 6.04 Å². The van der Waals surface area contributed by atoms with Crippen molar-refractivity contribution in [2.45, 2.75) is 6.04 Å². The summed E-state index contributed by atoms with van der Waals surface area (Å²) in [6, 6.07) is 11.4. The highest BCUT2D eigenvalue weighted by Gasteiger charge is 2.17. The van der Waals surface area contributed by atoms with Crippen molar-refractivity contribution in [1.29, 1.82) is 0 Å². The molecule has 1 heterocycles. The Morgan fingerprint density at radius 1 is 1.05 bits per heavy atom. The molecule has 1 unspecified atom stereocenters. The van der Waals surface area contributed by atoms with E-state index in [0.29, 0.717) is 21.8 Å². The van der Waals surface area contributed by atoms with Gasteiger partial charge in [-0.15, -0.1) is 0 Å². The average Bonchev–Trinajstić information content (AvgIpc) is 2.50. The Morgan fingerprint density at radius 2 is 1.76 bits per heavy atom. The Bertz CT molecular complexity index is 820. The summed E-state index contributed by atoms with van der Waals surface area (Å²) in [4.78, 5) is 4.01. The van der Waals surface area contributed by atoms with E-state index in [2.05, 4.69) is 4.98 Å². The van der Waals surface area contributed by atoms with Crippen LogP contribution in [-0.4, -0.2) is 4.98 Å². The maximum atomic E-state index is 13.9. The number of nitrogens with zero attached hydrogens (tertiary/aromatic N) is 1. The van der Waals surface area contributed by atoms with Crippen LogP contribution in [0.1, 0.15) is 17.2 Å². The van der Waals surface area contributed by atoms with Gasteiger partial charge in [-0.3, -0.25) is 0 Å². The molecule has 0 bridgehead atoms. The SMILES string of the molecule is Nc1ncc(Cl)cc1C(N)c1ccc(F)c2ccccc12. The quantitative estimate of drug-likeness (QED) is 0.759. The molecular weight excluding hydrogens is 289 g/mol. The minimum atomic E-state index is -0.526. The smallest absolute Gasteiger partial charge is 0.131 e. The Kier molecular flexibility index (Phi) is 3.49. The summed E-state index contributed by atoms with van der Waals surface area (Å²) in [6.45, 7) is 0. The van der Waals surface area contributed by atoms with Crippen molar-refractivity contribution < 1.29 is 4.39 Å². The molecule has 0 saturated heterocycles. The Balaban J connectivity index is 2.20. The lowest BCUT2D eigenvalue weighted by Crippen LogP contribution is -2.15. The van der Waals surface area contributed by atoms with E-state index in [1.807, 2.05) is 12.1 Å². The second kappa shape index (κ2) is 5.31. The molecule has 4 N–H and O–H groups in total. The highest BCUT2D eigenvalue weighted by atomic mass is 35.5. The number of rotatable bonds is 2. The van der Waals surface area contributed by atoms with E-state index in [1.54, 1.807) is 24.3 Å². The molecule has 0 saturated carbocycles. The molecule has 1 aromatic heterocycles. The first-order chi connectivity index (χ1) is 10.1. The van der Waals surface area contributed by atoms with Crippen LogP contribution < -0.4 is 11.5 Å². The maximum Gasteiger partial charge on any atom is 0.131 e. The molecule has 0 aliphatic heterocycles. The molecule has 3 rings (SSSR count). The molecule has 106 valence electrons. The van der Waals surface area contributed by atoms with Gasteiger partial charge in [0.1, 0.15) is 11.6 Å². The molecule has 0 amide bonds. The van der Waals surface area contributed by atoms with Crippen LogP contribution in [0.3, 0.4) is 0 Å². The summed E-state index contributed by atoms with van der Waals surface area (Å²) in [5.41, 5.74) is 13.6. The number of hydrogen-bond donors (Lipinski definition) is 2. The molecule has 0 radical (unpaired) electrons. The van der Waals surface area contributed by atoms with Gasteiger partial charge >= 0.3 is 0 Å². The first-order valence-corrected chi connectivity index (χ1v) is 6.79. The van der Waals surface area contributed by atoms with Crippen molar-refractivity contribution in [3.8, 4) is 0 Å². The average molecular weight is 302 g/mol. The van der Waals surface area contributed by atoms with Crippen molar-refractivity contribution >= 4 is 28.2 Å². The van der Waals surface area contributed by atoms with Crippen molar-refractivity contribution in [2.75, 3.05) is 5.73 Å². The number of fused-ring (bicyclic) bond motifs is 1. The van der Waals surface area contributed by atoms with Crippen LogP contribution in [0, 0.1) is 5.82 Å². The fourth-order valence-electron chi connectivity index (χ4n) is 2.44. The lowest BCUT2D eigenvalue weighted by molar-refractivity contribution is 0.639. The summed E-state index contributed by atoms with van der Waals surface area (Å²) in [5.74, 6) is 0.0408. The molecule has 21 heavy (non-hydrogen) atoms. The van der Waals surface area contributed by atoms with Gasteiger partial charge in [-0.05, 0) is 23.1 Å². The van der Waals surface area contributed by atoms with Crippen molar-refractivity contribution in [2.24, 2.45) is 5.73 Å². The van der Waals surface area contributed by atoms with Crippen LogP contribution >= 0.6 is 11.6 Å². The van der Waals surface area contributed by atoms with E-state index in [4.69, 9.17) is 23.1 Å². The number of aromatic nitrogens is 1. The van der Waals surface area contributed by atoms with Gasteiger partial charge in [0, 0.05) is 17.1 Å². The molecule has 0 fully saturated rings. The fraction of sp³-hybridized carbons (Fsp3) is 0.0625. The third kappa shape index (κ3) is 2.44. The fourth-order valence-corrected chi connectivity index (χ4v) is 2.61. The lowest BCUT2D eigenvalue weighted by Gasteiger charge is -2.17. The van der Waals surface area contributed by atoms with E-state index in [1.165, 1.54) is 12.3 Å². The number of halogens is 2. The van der Waals surface area contributed by atoms with Crippen LogP contribution in [0.5, 0.6) is 0 Å². The first-order valence-electron chi connectivity index (χ1n) is 6.41. The summed E-state index contributed by atoms with van der Waals surface area (Å²) in [5, 5.41) is 1.74. The van der Waals surface area contributed by atoms with Gasteiger partial charge < -0.3 is 11.5 Å². The van der Waals surface area contributed by atoms with E-state index in [9.17, 15) is 4.39 Å². The van der Waals surface area contributed by atoms with Gasteiger partial charge in [0.2, 0.25) is 0 Å². The first kappa shape index (κ1) is 13.8. The Hall–Kier alpha value is -2.17. The molecule has 2 aromatic carbocycles. The number of hydrogen-bond acceptors (Lipinski definition) is 3. The maximum absolute atomic E-state index is 13.9. The molecule has 1 atom stereocenters. The summed E-state index contributed by atoms with van der Waals surface area (Å²) in [6.07, 6.45) is 1.47. The third-order valence-corrected chi connectivity index (χ3v) is 3.70. The van der Waals surface area contributed by atoms with E-state index in [-0.39, 0.29) is 5.82 Å². The summed E-state index contributed by atoms with van der Waals surface area (Å²) >= 11 is 5.96. The van der Waals surface area contributed by atoms with Crippen LogP contribution in [0.25, 0.3) is 10.8 Å². The van der Waals surface area contributed by atoms with E-state index >= 15 is 0 Å². The molecule has 5 heteroatoms. The molecule has 3 aromatic rings. The van der Waals surface area contributed by atoms with Gasteiger partial charge in [-0.2, -0.15) is 0 Å². The van der Waals surface area contributed by atoms with Crippen molar-refractivity contribution in [1.82, 2.24) is 4.98 Å². The zero-order chi connectivity index (χ0) is 15.0. The van der Waals surface area contributed by atoms with Crippen LogP contribution in [0.2, 0.25) is 5.02 Å². The minimum absolute atomic E-state index is 0.279. The summed E-state index contributed by atoms with van der Waals surface area (Å²) in [7, 11) is 0. The zero-order valence-corrected chi connectivity index (χ0v) is 11.8. The molecule has 3 nitrogen and oxygen atoms in total. The van der Waals surface area contributed by atoms with Gasteiger partial charge in [0.15, 0.2) is 0 Å². The van der Waals surface area contributed by atoms with Gasteiger partial charge in [0.05, 0.1) is 11.1 Å². The highest BCUT2D eigenvalue weighted by Crippen LogP contribution is 2.31. The van der Waals surface area contributed by atoms with E-state index in [0.717, 1.165) is 10.9 Å². The molecule has 0 aliphatic carbocycles. The normalized spacial score (nSPS) is 12.5. The Morgan fingerprint density at radius 3 is 2.52 bits per heavy atom. The minimum Gasteiger partial charge on any atom is -0.383 e. The monoisotopic (exact) mass is 301 g/mol. The van der Waals surface area contributed by atoms with Gasteiger partial charge in [0.25, 0.3) is 0 Å². The highest BCUT2D eigenvalue weighted by molar-refractivity contribution is 6.30. The lowest BCUT2D eigenvalue weighted by atomic mass is 9.94. The Labute approximate surface area is 126 Å². The van der Waals surface area contributed by atoms with Crippen LogP contribution in [-0.2, 0) is 0 Å². The largest absolute Gasteiger partial charge is 0.383 e. The molecule has 0 spiro atoms. The van der Waals surface area contributed by atoms with Gasteiger partial charge in [-0.25, -0.2) is 9.37 Å². The molecule has 0 aliphatic rings. The molecular formula is C16H13ClFN3. The van der Waals surface area contributed by atoms with Crippen molar-refractivity contribution in [3.05, 3.63) is 70.6 Å². The zero-order valence-electron chi connectivity index (χ0n) is 11.1. The predicted molar refractivity (Wildman–Crippen MR) is 83.6 cm³/mol. The van der Waals surface area contributed by atoms with Crippen LogP contribution in [0.4, 0.5) is 10.2 Å². The van der Waals surface area contributed by atoms with Gasteiger partial charge in [-0.1, -0.05) is 41.9 Å². The van der Waals surface area contributed by atoms with Crippen molar-refractivity contribution in [3.63, 3.8) is 0 Å². The number of nitrogens with two attached hydrogens (primary N) is 2. The summed E-state index contributed by atoms with van der Waals surface area (Å²) < 4.78 is 13.9. The number of pyridine rings is 1. The number of anilines is 1. The second-order valence-corrected chi connectivity index (χ2v) is 5.22. The topological polar surface area (TPSA) is 64.9 Å². The third-order valence-electron chi connectivity index (χ3n) is 3.49. The van der Waals surface area contributed by atoms with Crippen LogP contribution in [0.15, 0.2) is 48.7 Å². The predicted octanol–water partition coefficient (Wildman–Crippen LogP) is 3.66.